The topological polar surface area (TPSA) is 15.3 Å². The highest BCUT2D eigenvalue weighted by molar-refractivity contribution is 7.99. The second-order valence-electron chi connectivity index (χ2n) is 4.77. The molecule has 1 aromatic rings. The Labute approximate surface area is 109 Å². The van der Waals surface area contributed by atoms with Crippen LogP contribution in [0.3, 0.4) is 0 Å². The van der Waals surface area contributed by atoms with Gasteiger partial charge in [-0.1, -0.05) is 18.2 Å². The highest BCUT2D eigenvalue weighted by atomic mass is 32.2. The number of nitrogens with one attached hydrogen (secondary N) is 1. The van der Waals surface area contributed by atoms with Crippen LogP contribution in [0.5, 0.6) is 0 Å². The fraction of sp³-hybridized carbons (Fsp3) is 0.571. The van der Waals surface area contributed by atoms with E-state index in [4.69, 9.17) is 0 Å². The van der Waals surface area contributed by atoms with Crippen molar-refractivity contribution < 1.29 is 0 Å². The van der Waals surface area contributed by atoms with Gasteiger partial charge in [0.2, 0.25) is 0 Å². The third-order valence-electron chi connectivity index (χ3n) is 3.30. The van der Waals surface area contributed by atoms with Crippen LogP contribution in [-0.2, 0) is 0 Å². The van der Waals surface area contributed by atoms with E-state index < -0.39 is 0 Å². The van der Waals surface area contributed by atoms with Gasteiger partial charge >= 0.3 is 0 Å². The molecule has 2 nitrogen and oxygen atoms in total. The van der Waals surface area contributed by atoms with Gasteiger partial charge in [0.15, 0.2) is 0 Å². The maximum atomic E-state index is 3.20. The molecule has 2 rings (SSSR count). The summed E-state index contributed by atoms with van der Waals surface area (Å²) in [5, 5.41) is 3.20. The smallest absolute Gasteiger partial charge is 0.0108 e. The Hall–Kier alpha value is -0.510. The van der Waals surface area contributed by atoms with E-state index in [0.29, 0.717) is 0 Å². The number of likely N-dealkylation sites (N-methyl/N-ethyl adjacent to an activating group) is 1. The van der Waals surface area contributed by atoms with E-state index in [-0.39, 0.29) is 0 Å². The summed E-state index contributed by atoms with van der Waals surface area (Å²) in [5.74, 6) is 1.96. The Balaban J connectivity index is 1.84. The lowest BCUT2D eigenvalue weighted by Crippen LogP contribution is -2.27. The normalized spacial score (nSPS) is 18.6. The number of thioether (sulfide) groups is 1. The zero-order valence-corrected chi connectivity index (χ0v) is 11.6. The molecule has 1 heterocycles. The number of benzene rings is 1. The fourth-order valence-electron chi connectivity index (χ4n) is 2.37. The minimum Gasteiger partial charge on any atom is -0.320 e. The Kier molecular flexibility index (Phi) is 4.89. The van der Waals surface area contributed by atoms with Gasteiger partial charge in [-0.2, -0.15) is 0 Å². The first-order valence-corrected chi connectivity index (χ1v) is 7.34. The van der Waals surface area contributed by atoms with Crippen LogP contribution in [0.15, 0.2) is 29.2 Å². The zero-order valence-electron chi connectivity index (χ0n) is 10.8. The molecule has 0 saturated heterocycles. The molecule has 0 spiro atoms. The predicted octanol–water partition coefficient (Wildman–Crippen LogP) is 2.42. The molecule has 0 saturated carbocycles. The Morgan fingerprint density at radius 3 is 3.06 bits per heavy atom. The summed E-state index contributed by atoms with van der Waals surface area (Å²) in [7, 11) is 4.26. The van der Waals surface area contributed by atoms with Crippen molar-refractivity contribution in [3.63, 3.8) is 0 Å². The van der Waals surface area contributed by atoms with Crippen molar-refractivity contribution in [3.8, 4) is 0 Å². The van der Waals surface area contributed by atoms with Gasteiger partial charge in [-0.15, -0.1) is 11.8 Å². The molecule has 0 radical (unpaired) electrons. The summed E-state index contributed by atoms with van der Waals surface area (Å²) in [5.41, 5.74) is 1.55. The van der Waals surface area contributed by atoms with Gasteiger partial charge in [0.05, 0.1) is 0 Å². The first kappa shape index (κ1) is 12.9. The van der Waals surface area contributed by atoms with Gasteiger partial charge in [0.25, 0.3) is 0 Å². The molecule has 0 aliphatic carbocycles. The zero-order chi connectivity index (χ0) is 12.1. The van der Waals surface area contributed by atoms with Gasteiger partial charge in [-0.25, -0.2) is 0 Å². The number of hydrogen-bond acceptors (Lipinski definition) is 3. The van der Waals surface area contributed by atoms with Crippen molar-refractivity contribution in [2.75, 3.05) is 39.5 Å². The molecule has 1 unspecified atom stereocenters. The molecule has 17 heavy (non-hydrogen) atoms. The van der Waals surface area contributed by atoms with Crippen LogP contribution in [0, 0.1) is 0 Å². The molecule has 1 aromatic carbocycles. The molecule has 1 aliphatic heterocycles. The van der Waals surface area contributed by atoms with Crippen molar-refractivity contribution in [1.29, 1.82) is 0 Å². The molecular weight excluding hydrogens is 228 g/mol. The third-order valence-corrected chi connectivity index (χ3v) is 4.55. The lowest BCUT2D eigenvalue weighted by atomic mass is 10.0. The summed E-state index contributed by atoms with van der Waals surface area (Å²) in [6, 6.07) is 8.85. The molecule has 1 N–H and O–H groups in total. The molecule has 1 atom stereocenters. The highest BCUT2D eigenvalue weighted by Crippen LogP contribution is 2.39. The van der Waals surface area contributed by atoms with Crippen molar-refractivity contribution in [3.05, 3.63) is 29.8 Å². The highest BCUT2D eigenvalue weighted by Gasteiger charge is 2.23. The van der Waals surface area contributed by atoms with Crippen molar-refractivity contribution in [2.45, 2.75) is 17.2 Å². The van der Waals surface area contributed by atoms with Crippen LogP contribution < -0.4 is 5.32 Å². The monoisotopic (exact) mass is 250 g/mol. The maximum absolute atomic E-state index is 3.20. The van der Waals surface area contributed by atoms with Gasteiger partial charge < -0.3 is 10.2 Å². The van der Waals surface area contributed by atoms with E-state index in [2.05, 4.69) is 41.5 Å². The Bertz CT molecular complexity index is 354. The molecule has 3 heteroatoms. The molecule has 0 fully saturated rings. The van der Waals surface area contributed by atoms with E-state index in [1.807, 2.05) is 18.8 Å². The maximum Gasteiger partial charge on any atom is 0.0108 e. The van der Waals surface area contributed by atoms with Gasteiger partial charge in [-0.05, 0) is 45.2 Å². The van der Waals surface area contributed by atoms with E-state index in [9.17, 15) is 0 Å². The fourth-order valence-corrected chi connectivity index (χ4v) is 3.62. The van der Waals surface area contributed by atoms with Gasteiger partial charge in [0.1, 0.15) is 0 Å². The first-order valence-electron chi connectivity index (χ1n) is 6.36. The van der Waals surface area contributed by atoms with E-state index in [0.717, 1.165) is 12.5 Å². The first-order chi connectivity index (χ1) is 8.31. The average molecular weight is 250 g/mol. The van der Waals surface area contributed by atoms with E-state index >= 15 is 0 Å². The summed E-state index contributed by atoms with van der Waals surface area (Å²) in [6.45, 7) is 3.48. The molecule has 0 aromatic heterocycles. The number of rotatable bonds is 6. The standard InChI is InChI=1S/C14H22N2S/c1-15-8-5-9-16(2)10-12-11-17-14-7-4-3-6-13(12)14/h3-4,6-7,12,15H,5,8-11H2,1-2H3. The van der Waals surface area contributed by atoms with E-state index in [1.165, 1.54) is 30.2 Å². The van der Waals surface area contributed by atoms with Crippen LogP contribution in [0.1, 0.15) is 17.9 Å². The van der Waals surface area contributed by atoms with Crippen LogP contribution in [0.2, 0.25) is 0 Å². The summed E-state index contributed by atoms with van der Waals surface area (Å²) in [4.78, 5) is 3.95. The van der Waals surface area contributed by atoms with Gasteiger partial charge in [-0.3, -0.25) is 0 Å². The van der Waals surface area contributed by atoms with Crippen molar-refractivity contribution in [2.24, 2.45) is 0 Å². The second-order valence-corrected chi connectivity index (χ2v) is 5.83. The molecular formula is C14H22N2S. The minimum atomic E-state index is 0.718. The third kappa shape index (κ3) is 3.47. The average Bonchev–Trinajstić information content (AvgIpc) is 2.73. The molecule has 0 amide bonds. The lowest BCUT2D eigenvalue weighted by molar-refractivity contribution is 0.314. The number of fused-ring (bicyclic) bond motifs is 1. The Morgan fingerprint density at radius 1 is 1.41 bits per heavy atom. The van der Waals surface area contributed by atoms with Crippen LogP contribution >= 0.6 is 11.8 Å². The SMILES string of the molecule is CNCCCN(C)CC1CSc2ccccc21. The van der Waals surface area contributed by atoms with Crippen LogP contribution in [0.25, 0.3) is 0 Å². The summed E-state index contributed by atoms with van der Waals surface area (Å²) >= 11 is 2.01. The molecule has 94 valence electrons. The number of hydrogen-bond donors (Lipinski definition) is 1. The van der Waals surface area contributed by atoms with E-state index in [1.54, 1.807) is 5.56 Å². The largest absolute Gasteiger partial charge is 0.320 e. The lowest BCUT2D eigenvalue weighted by Gasteiger charge is -2.21. The van der Waals surface area contributed by atoms with Crippen molar-refractivity contribution in [1.82, 2.24) is 10.2 Å². The number of nitrogens with zero attached hydrogens (tertiary/aromatic N) is 1. The van der Waals surface area contributed by atoms with Crippen LogP contribution in [-0.4, -0.2) is 44.4 Å². The Morgan fingerprint density at radius 2 is 2.24 bits per heavy atom. The van der Waals surface area contributed by atoms with Gasteiger partial charge in [0, 0.05) is 23.1 Å². The summed E-state index contributed by atoms with van der Waals surface area (Å²) in [6.07, 6.45) is 1.23. The quantitative estimate of drug-likeness (QED) is 0.781. The minimum absolute atomic E-state index is 0.718. The summed E-state index contributed by atoms with van der Waals surface area (Å²) < 4.78 is 0. The van der Waals surface area contributed by atoms with Crippen LogP contribution in [0.4, 0.5) is 0 Å². The second kappa shape index (κ2) is 6.43. The van der Waals surface area contributed by atoms with Crippen molar-refractivity contribution >= 4 is 11.8 Å². The molecule has 0 bridgehead atoms. The predicted molar refractivity (Wildman–Crippen MR) is 75.9 cm³/mol. The molecule has 1 aliphatic rings.